The van der Waals surface area contributed by atoms with Crippen LogP contribution >= 0.6 is 0 Å². The highest BCUT2D eigenvalue weighted by molar-refractivity contribution is 5.83. The monoisotopic (exact) mass is 247 g/mol. The van der Waals surface area contributed by atoms with Crippen molar-refractivity contribution in [2.24, 2.45) is 0 Å². The number of carboxylic acids is 1. The zero-order valence-electron chi connectivity index (χ0n) is 10.6. The minimum absolute atomic E-state index is 0.0196. The Morgan fingerprint density at radius 2 is 2.11 bits per heavy atom. The molecule has 96 valence electrons. The summed E-state index contributed by atoms with van der Waals surface area (Å²) < 4.78 is 0. The molecule has 0 spiro atoms. The SMILES string of the molecule is Cc1ccc(C2(CC(=O)O)CNC(=O)C2)cc1C. The Labute approximate surface area is 106 Å². The molecule has 2 N–H and O–H groups in total. The van der Waals surface area contributed by atoms with Gasteiger partial charge in [-0.25, -0.2) is 0 Å². The first-order chi connectivity index (χ1) is 8.43. The number of hydrogen-bond acceptors (Lipinski definition) is 2. The highest BCUT2D eigenvalue weighted by Gasteiger charge is 2.41. The second kappa shape index (κ2) is 4.44. The number of amides is 1. The Hall–Kier alpha value is -1.84. The molecule has 1 heterocycles. The number of aryl methyl sites for hydroxylation is 2. The van der Waals surface area contributed by atoms with Gasteiger partial charge in [0.15, 0.2) is 0 Å². The van der Waals surface area contributed by atoms with Gasteiger partial charge in [0.1, 0.15) is 0 Å². The molecule has 1 aromatic rings. The van der Waals surface area contributed by atoms with Gasteiger partial charge in [0, 0.05) is 18.4 Å². The fourth-order valence-corrected chi connectivity index (χ4v) is 2.49. The molecule has 1 aliphatic heterocycles. The quantitative estimate of drug-likeness (QED) is 0.851. The van der Waals surface area contributed by atoms with E-state index < -0.39 is 11.4 Å². The summed E-state index contributed by atoms with van der Waals surface area (Å²) in [4.78, 5) is 22.5. The van der Waals surface area contributed by atoms with Crippen LogP contribution in [0.25, 0.3) is 0 Å². The normalized spacial score (nSPS) is 22.9. The summed E-state index contributed by atoms with van der Waals surface area (Å²) >= 11 is 0. The Balaban J connectivity index is 2.43. The molecule has 1 amide bonds. The fourth-order valence-electron chi connectivity index (χ4n) is 2.49. The maximum absolute atomic E-state index is 11.5. The number of aliphatic carboxylic acids is 1. The molecule has 1 saturated heterocycles. The van der Waals surface area contributed by atoms with Crippen LogP contribution in [0.1, 0.15) is 29.5 Å². The number of carbonyl (C=O) groups is 2. The van der Waals surface area contributed by atoms with E-state index >= 15 is 0 Å². The largest absolute Gasteiger partial charge is 0.481 e. The van der Waals surface area contributed by atoms with E-state index in [1.165, 1.54) is 5.56 Å². The van der Waals surface area contributed by atoms with Crippen molar-refractivity contribution in [3.05, 3.63) is 34.9 Å². The van der Waals surface area contributed by atoms with Gasteiger partial charge >= 0.3 is 5.97 Å². The molecule has 18 heavy (non-hydrogen) atoms. The molecule has 0 bridgehead atoms. The molecule has 1 aliphatic rings. The predicted molar refractivity (Wildman–Crippen MR) is 67.5 cm³/mol. The van der Waals surface area contributed by atoms with Gasteiger partial charge in [0.05, 0.1) is 6.42 Å². The maximum Gasteiger partial charge on any atom is 0.304 e. The molecule has 1 fully saturated rings. The van der Waals surface area contributed by atoms with Crippen molar-refractivity contribution in [1.29, 1.82) is 0 Å². The predicted octanol–water partition coefficient (Wildman–Crippen LogP) is 1.54. The van der Waals surface area contributed by atoms with E-state index in [1.54, 1.807) is 0 Å². The van der Waals surface area contributed by atoms with Gasteiger partial charge in [0.2, 0.25) is 5.91 Å². The zero-order chi connectivity index (χ0) is 13.3. The van der Waals surface area contributed by atoms with Crippen molar-refractivity contribution in [2.75, 3.05) is 6.54 Å². The van der Waals surface area contributed by atoms with Gasteiger partial charge in [-0.15, -0.1) is 0 Å². The van der Waals surface area contributed by atoms with Crippen LogP contribution in [0.3, 0.4) is 0 Å². The number of carbonyl (C=O) groups excluding carboxylic acids is 1. The van der Waals surface area contributed by atoms with Crippen LogP contribution in [0, 0.1) is 13.8 Å². The van der Waals surface area contributed by atoms with Crippen molar-refractivity contribution in [3.63, 3.8) is 0 Å². The van der Waals surface area contributed by atoms with Crippen LogP contribution in [0.15, 0.2) is 18.2 Å². The van der Waals surface area contributed by atoms with E-state index in [9.17, 15) is 9.59 Å². The standard InChI is InChI=1S/C14H17NO3/c1-9-3-4-11(5-10(9)2)14(7-13(17)18)6-12(16)15-8-14/h3-5H,6-8H2,1-2H3,(H,15,16)(H,17,18). The molecule has 2 rings (SSSR count). The Morgan fingerprint density at radius 1 is 1.39 bits per heavy atom. The van der Waals surface area contributed by atoms with E-state index in [0.29, 0.717) is 6.54 Å². The first-order valence-electron chi connectivity index (χ1n) is 5.99. The average molecular weight is 247 g/mol. The smallest absolute Gasteiger partial charge is 0.304 e. The van der Waals surface area contributed by atoms with Crippen molar-refractivity contribution in [2.45, 2.75) is 32.1 Å². The van der Waals surface area contributed by atoms with Gasteiger partial charge in [0.25, 0.3) is 0 Å². The summed E-state index contributed by atoms with van der Waals surface area (Å²) in [5.74, 6) is -0.945. The van der Waals surface area contributed by atoms with Gasteiger partial charge in [-0.05, 0) is 30.5 Å². The molecule has 4 nitrogen and oxygen atoms in total. The van der Waals surface area contributed by atoms with E-state index in [-0.39, 0.29) is 18.7 Å². The molecule has 1 aromatic carbocycles. The molecule has 0 aliphatic carbocycles. The lowest BCUT2D eigenvalue weighted by Crippen LogP contribution is -2.32. The van der Waals surface area contributed by atoms with Crippen molar-refractivity contribution in [3.8, 4) is 0 Å². The zero-order valence-corrected chi connectivity index (χ0v) is 10.6. The van der Waals surface area contributed by atoms with Crippen molar-refractivity contribution in [1.82, 2.24) is 5.32 Å². The molecular weight excluding hydrogens is 230 g/mol. The Kier molecular flexibility index (Phi) is 3.11. The molecule has 0 saturated carbocycles. The maximum atomic E-state index is 11.5. The second-order valence-corrected chi connectivity index (χ2v) is 5.10. The first kappa shape index (κ1) is 12.6. The molecule has 1 unspecified atom stereocenters. The Morgan fingerprint density at radius 3 is 2.61 bits per heavy atom. The minimum atomic E-state index is -0.871. The summed E-state index contributed by atoms with van der Waals surface area (Å²) in [6, 6.07) is 5.92. The van der Waals surface area contributed by atoms with Crippen LogP contribution in [-0.2, 0) is 15.0 Å². The third-order valence-electron chi connectivity index (χ3n) is 3.73. The third kappa shape index (κ3) is 2.23. The molecule has 0 radical (unpaired) electrons. The first-order valence-corrected chi connectivity index (χ1v) is 5.99. The minimum Gasteiger partial charge on any atom is -0.481 e. The summed E-state index contributed by atoms with van der Waals surface area (Å²) in [6.07, 6.45) is 0.232. The van der Waals surface area contributed by atoms with Crippen LogP contribution in [0.5, 0.6) is 0 Å². The van der Waals surface area contributed by atoms with Gasteiger partial charge in [-0.3, -0.25) is 9.59 Å². The van der Waals surface area contributed by atoms with E-state index in [1.807, 2.05) is 32.0 Å². The van der Waals surface area contributed by atoms with E-state index in [4.69, 9.17) is 5.11 Å². The molecular formula is C14H17NO3. The fraction of sp³-hybridized carbons (Fsp3) is 0.429. The highest BCUT2D eigenvalue weighted by atomic mass is 16.4. The van der Waals surface area contributed by atoms with Gasteiger partial charge in [-0.2, -0.15) is 0 Å². The van der Waals surface area contributed by atoms with Crippen molar-refractivity contribution < 1.29 is 14.7 Å². The number of rotatable bonds is 3. The van der Waals surface area contributed by atoms with Gasteiger partial charge in [-0.1, -0.05) is 18.2 Å². The summed E-state index contributed by atoms with van der Waals surface area (Å²) in [6.45, 7) is 4.42. The summed E-state index contributed by atoms with van der Waals surface area (Å²) in [7, 11) is 0. The topological polar surface area (TPSA) is 66.4 Å². The lowest BCUT2D eigenvalue weighted by molar-refractivity contribution is -0.138. The van der Waals surface area contributed by atoms with E-state index in [0.717, 1.165) is 11.1 Å². The van der Waals surface area contributed by atoms with E-state index in [2.05, 4.69) is 5.32 Å². The Bertz CT molecular complexity index is 510. The number of nitrogens with one attached hydrogen (secondary N) is 1. The molecule has 0 aromatic heterocycles. The third-order valence-corrected chi connectivity index (χ3v) is 3.73. The van der Waals surface area contributed by atoms with Crippen molar-refractivity contribution >= 4 is 11.9 Å². The van der Waals surface area contributed by atoms with Crippen LogP contribution < -0.4 is 5.32 Å². The van der Waals surface area contributed by atoms with Crippen LogP contribution in [0.4, 0.5) is 0 Å². The van der Waals surface area contributed by atoms with Gasteiger partial charge < -0.3 is 10.4 Å². The highest BCUT2D eigenvalue weighted by Crippen LogP contribution is 2.35. The van der Waals surface area contributed by atoms with Crippen LogP contribution in [-0.4, -0.2) is 23.5 Å². The lowest BCUT2D eigenvalue weighted by Gasteiger charge is -2.26. The molecule has 4 heteroatoms. The number of hydrogen-bond donors (Lipinski definition) is 2. The number of carboxylic acid groups (broad SMARTS) is 1. The summed E-state index contributed by atoms with van der Waals surface area (Å²) in [5.41, 5.74) is 2.63. The average Bonchev–Trinajstić information content (AvgIpc) is 2.64. The summed E-state index contributed by atoms with van der Waals surface area (Å²) in [5, 5.41) is 11.8. The second-order valence-electron chi connectivity index (χ2n) is 5.10. The molecule has 1 atom stereocenters. The lowest BCUT2D eigenvalue weighted by atomic mass is 9.76. The number of benzene rings is 1. The van der Waals surface area contributed by atoms with Crippen LogP contribution in [0.2, 0.25) is 0 Å².